The number of halogens is 1. The first-order valence-electron chi connectivity index (χ1n) is 6.92. The molecule has 5 heteroatoms. The number of hydrogen-bond acceptors (Lipinski definition) is 3. The van der Waals surface area contributed by atoms with Gasteiger partial charge >= 0.3 is 0 Å². The predicted molar refractivity (Wildman–Crippen MR) is 74.0 cm³/mol. The quantitative estimate of drug-likeness (QED) is 0.818. The van der Waals surface area contributed by atoms with E-state index in [-0.39, 0.29) is 24.2 Å². The lowest BCUT2D eigenvalue weighted by Crippen LogP contribution is -2.36. The Kier molecular flexibility index (Phi) is 7.63. The van der Waals surface area contributed by atoms with Gasteiger partial charge in [0.05, 0.1) is 0 Å². The minimum absolute atomic E-state index is 0. The Hall–Kier alpha value is -0.320. The fraction of sp³-hybridized carbons (Fsp3) is 0.923. The Balaban J connectivity index is 0.00000162. The van der Waals surface area contributed by atoms with Crippen LogP contribution in [0.2, 0.25) is 0 Å². The van der Waals surface area contributed by atoms with Crippen molar-refractivity contribution >= 4 is 18.3 Å². The van der Waals surface area contributed by atoms with Crippen molar-refractivity contribution in [1.29, 1.82) is 0 Å². The second-order valence-electron chi connectivity index (χ2n) is 5.18. The van der Waals surface area contributed by atoms with E-state index in [4.69, 9.17) is 4.74 Å². The lowest BCUT2D eigenvalue weighted by molar-refractivity contribution is -0.125. The molecule has 0 aromatic heterocycles. The van der Waals surface area contributed by atoms with E-state index in [0.717, 1.165) is 65.0 Å². The molecule has 2 heterocycles. The van der Waals surface area contributed by atoms with Crippen LogP contribution in [-0.4, -0.2) is 38.8 Å². The molecular weight excluding hydrogens is 252 g/mol. The van der Waals surface area contributed by atoms with Gasteiger partial charge in [-0.05, 0) is 51.1 Å². The van der Waals surface area contributed by atoms with Crippen molar-refractivity contribution < 1.29 is 9.53 Å². The van der Waals surface area contributed by atoms with Gasteiger partial charge in [-0.2, -0.15) is 0 Å². The number of carbonyl (C=O) groups excluding carboxylic acids is 1. The minimum Gasteiger partial charge on any atom is -0.381 e. The molecule has 0 aromatic rings. The number of ether oxygens (including phenoxy) is 1. The first-order chi connectivity index (χ1) is 8.36. The standard InChI is InChI=1S/C13H24N2O2.ClH/c16-13(12-2-1-6-14-7-3-12)15-10-11-4-8-17-9-5-11;/h11-12,14H,1-10H2,(H,15,16);1H. The summed E-state index contributed by atoms with van der Waals surface area (Å²) in [6, 6.07) is 0. The number of nitrogens with one attached hydrogen (secondary N) is 2. The molecular formula is C13H25ClN2O2. The highest BCUT2D eigenvalue weighted by atomic mass is 35.5. The highest BCUT2D eigenvalue weighted by Crippen LogP contribution is 2.16. The van der Waals surface area contributed by atoms with Gasteiger partial charge in [-0.15, -0.1) is 12.4 Å². The molecule has 2 saturated heterocycles. The molecule has 0 aromatic carbocycles. The normalized spacial score (nSPS) is 25.9. The van der Waals surface area contributed by atoms with Gasteiger partial charge < -0.3 is 15.4 Å². The monoisotopic (exact) mass is 276 g/mol. The zero-order valence-electron chi connectivity index (χ0n) is 11.0. The molecule has 1 amide bonds. The van der Waals surface area contributed by atoms with Gasteiger partial charge in [-0.3, -0.25) is 4.79 Å². The van der Waals surface area contributed by atoms with Crippen molar-refractivity contribution in [1.82, 2.24) is 10.6 Å². The molecule has 2 rings (SSSR count). The van der Waals surface area contributed by atoms with Crippen LogP contribution in [0.15, 0.2) is 0 Å². The average molecular weight is 277 g/mol. The first kappa shape index (κ1) is 15.7. The fourth-order valence-corrected chi connectivity index (χ4v) is 2.62. The summed E-state index contributed by atoms with van der Waals surface area (Å²) in [5.41, 5.74) is 0. The molecule has 4 nitrogen and oxygen atoms in total. The third-order valence-electron chi connectivity index (χ3n) is 3.85. The molecule has 0 bridgehead atoms. The molecule has 2 fully saturated rings. The molecule has 2 N–H and O–H groups in total. The Morgan fingerprint density at radius 1 is 1.17 bits per heavy atom. The van der Waals surface area contributed by atoms with E-state index in [9.17, 15) is 4.79 Å². The summed E-state index contributed by atoms with van der Waals surface area (Å²) in [6.45, 7) is 4.59. The van der Waals surface area contributed by atoms with Gasteiger partial charge in [0.2, 0.25) is 5.91 Å². The van der Waals surface area contributed by atoms with E-state index in [1.807, 2.05) is 0 Å². The fourth-order valence-electron chi connectivity index (χ4n) is 2.62. The van der Waals surface area contributed by atoms with E-state index in [1.165, 1.54) is 0 Å². The molecule has 0 radical (unpaired) electrons. The molecule has 0 saturated carbocycles. The van der Waals surface area contributed by atoms with E-state index in [0.29, 0.717) is 5.92 Å². The van der Waals surface area contributed by atoms with E-state index in [1.54, 1.807) is 0 Å². The summed E-state index contributed by atoms with van der Waals surface area (Å²) < 4.78 is 5.32. The van der Waals surface area contributed by atoms with Crippen LogP contribution in [0, 0.1) is 11.8 Å². The van der Waals surface area contributed by atoms with Crippen molar-refractivity contribution in [2.24, 2.45) is 11.8 Å². The van der Waals surface area contributed by atoms with Gasteiger partial charge in [-0.1, -0.05) is 0 Å². The molecule has 0 spiro atoms. The van der Waals surface area contributed by atoms with Gasteiger partial charge in [0.25, 0.3) is 0 Å². The molecule has 0 aliphatic carbocycles. The first-order valence-corrected chi connectivity index (χ1v) is 6.92. The minimum atomic E-state index is 0. The second-order valence-corrected chi connectivity index (χ2v) is 5.18. The van der Waals surface area contributed by atoms with Crippen LogP contribution in [0.1, 0.15) is 32.1 Å². The summed E-state index contributed by atoms with van der Waals surface area (Å²) in [4.78, 5) is 12.0. The Morgan fingerprint density at radius 3 is 2.72 bits per heavy atom. The summed E-state index contributed by atoms with van der Waals surface area (Å²) >= 11 is 0. The van der Waals surface area contributed by atoms with Crippen LogP contribution in [0.4, 0.5) is 0 Å². The van der Waals surface area contributed by atoms with Crippen LogP contribution in [0.5, 0.6) is 0 Å². The zero-order chi connectivity index (χ0) is 11.9. The van der Waals surface area contributed by atoms with E-state index < -0.39 is 0 Å². The second kappa shape index (κ2) is 8.73. The van der Waals surface area contributed by atoms with Gasteiger partial charge in [0.1, 0.15) is 0 Å². The SMILES string of the molecule is Cl.O=C(NCC1CCOCC1)C1CCCNCC1. The predicted octanol–water partition coefficient (Wildman–Crippen LogP) is 1.34. The van der Waals surface area contributed by atoms with Crippen molar-refractivity contribution in [2.45, 2.75) is 32.1 Å². The average Bonchev–Trinajstić information content (AvgIpc) is 2.66. The zero-order valence-corrected chi connectivity index (χ0v) is 11.8. The number of amides is 1. The third kappa shape index (κ3) is 5.12. The van der Waals surface area contributed by atoms with Gasteiger partial charge in [-0.25, -0.2) is 0 Å². The highest BCUT2D eigenvalue weighted by Gasteiger charge is 2.21. The van der Waals surface area contributed by atoms with E-state index in [2.05, 4.69) is 10.6 Å². The van der Waals surface area contributed by atoms with Crippen LogP contribution >= 0.6 is 12.4 Å². The van der Waals surface area contributed by atoms with Gasteiger partial charge in [0.15, 0.2) is 0 Å². The van der Waals surface area contributed by atoms with Gasteiger partial charge in [0, 0.05) is 25.7 Å². The topological polar surface area (TPSA) is 50.4 Å². The number of carbonyl (C=O) groups is 1. The maximum Gasteiger partial charge on any atom is 0.223 e. The van der Waals surface area contributed by atoms with Crippen molar-refractivity contribution in [3.63, 3.8) is 0 Å². The summed E-state index contributed by atoms with van der Waals surface area (Å²) in [7, 11) is 0. The largest absolute Gasteiger partial charge is 0.381 e. The Bertz CT molecular complexity index is 237. The van der Waals surface area contributed by atoms with Crippen LogP contribution in [-0.2, 0) is 9.53 Å². The lowest BCUT2D eigenvalue weighted by Gasteiger charge is -2.23. The van der Waals surface area contributed by atoms with Crippen LogP contribution in [0.3, 0.4) is 0 Å². The van der Waals surface area contributed by atoms with Crippen molar-refractivity contribution in [3.8, 4) is 0 Å². The maximum absolute atomic E-state index is 12.0. The highest BCUT2D eigenvalue weighted by molar-refractivity contribution is 5.85. The number of hydrogen-bond donors (Lipinski definition) is 2. The molecule has 18 heavy (non-hydrogen) atoms. The lowest BCUT2D eigenvalue weighted by atomic mass is 9.97. The summed E-state index contributed by atoms with van der Waals surface area (Å²) in [5.74, 6) is 1.11. The molecule has 2 aliphatic rings. The molecule has 106 valence electrons. The van der Waals surface area contributed by atoms with Crippen molar-refractivity contribution in [2.75, 3.05) is 32.8 Å². The smallest absolute Gasteiger partial charge is 0.223 e. The Labute approximate surface area is 116 Å². The third-order valence-corrected chi connectivity index (χ3v) is 3.85. The van der Waals surface area contributed by atoms with Crippen LogP contribution < -0.4 is 10.6 Å². The Morgan fingerprint density at radius 2 is 1.94 bits per heavy atom. The van der Waals surface area contributed by atoms with E-state index >= 15 is 0 Å². The van der Waals surface area contributed by atoms with Crippen LogP contribution in [0.25, 0.3) is 0 Å². The molecule has 1 unspecified atom stereocenters. The summed E-state index contributed by atoms with van der Waals surface area (Å²) in [5, 5.41) is 6.47. The maximum atomic E-state index is 12.0. The summed E-state index contributed by atoms with van der Waals surface area (Å²) in [6.07, 6.45) is 5.32. The van der Waals surface area contributed by atoms with Crippen molar-refractivity contribution in [3.05, 3.63) is 0 Å². The number of rotatable bonds is 3. The molecule has 2 aliphatic heterocycles. The molecule has 1 atom stereocenters.